The van der Waals surface area contributed by atoms with Crippen LogP contribution < -0.4 is 5.32 Å². The number of amides is 2. The van der Waals surface area contributed by atoms with E-state index in [0.717, 1.165) is 24.8 Å². The Bertz CT molecular complexity index is 841. The smallest absolute Gasteiger partial charge is 0.309 e. The van der Waals surface area contributed by atoms with Crippen molar-refractivity contribution in [2.75, 3.05) is 19.8 Å². The van der Waals surface area contributed by atoms with Crippen LogP contribution in [-0.2, 0) is 25.5 Å². The topological polar surface area (TPSA) is 95.9 Å². The van der Waals surface area contributed by atoms with Crippen LogP contribution in [0.25, 0.3) is 0 Å². The molecular weight excluding hydrogens is 444 g/mol. The van der Waals surface area contributed by atoms with Crippen LogP contribution in [-0.4, -0.2) is 59.6 Å². The second-order valence-electron chi connectivity index (χ2n) is 9.29. The summed E-state index contributed by atoms with van der Waals surface area (Å²) in [5, 5.41) is 11.9. The standard InChI is InChI=1S/C28H40N2O5/c1-4-6-14-24(17-22-12-8-7-9-13-22)28(34)35-20-25-15-10-16-30(25)27(33)23(11-5-2)18-26(32)29-21(3)19-31/h4-5,7-9,12-13,21,23-25,31H,1-2,6,10-11,14-20H2,3H3,(H,29,32)/t21-,23-,24-,25+/m1/s1. The molecule has 1 aliphatic heterocycles. The lowest BCUT2D eigenvalue weighted by molar-refractivity contribution is -0.152. The molecule has 2 rings (SSSR count). The Morgan fingerprint density at radius 1 is 1.20 bits per heavy atom. The van der Waals surface area contributed by atoms with Crippen molar-refractivity contribution in [3.8, 4) is 0 Å². The van der Waals surface area contributed by atoms with E-state index >= 15 is 0 Å². The second kappa shape index (κ2) is 15.1. The SMILES string of the molecule is C=CCC[C@H](Cc1ccccc1)C(=O)OC[C@@H]1CCCN1C(=O)[C@H](CC=C)CC(=O)N[C@H](C)CO. The molecule has 192 valence electrons. The van der Waals surface area contributed by atoms with Crippen LogP contribution in [0.3, 0.4) is 0 Å². The lowest BCUT2D eigenvalue weighted by Crippen LogP contribution is -2.44. The van der Waals surface area contributed by atoms with E-state index in [2.05, 4.69) is 18.5 Å². The lowest BCUT2D eigenvalue weighted by Gasteiger charge is -2.29. The van der Waals surface area contributed by atoms with E-state index in [4.69, 9.17) is 9.84 Å². The van der Waals surface area contributed by atoms with Crippen molar-refractivity contribution >= 4 is 17.8 Å². The first kappa shape index (κ1) is 28.3. The Balaban J connectivity index is 1.98. The summed E-state index contributed by atoms with van der Waals surface area (Å²) in [4.78, 5) is 40.3. The third-order valence-corrected chi connectivity index (χ3v) is 6.37. The van der Waals surface area contributed by atoms with Crippen molar-refractivity contribution < 1.29 is 24.2 Å². The summed E-state index contributed by atoms with van der Waals surface area (Å²) in [5.41, 5.74) is 1.08. The second-order valence-corrected chi connectivity index (χ2v) is 9.29. The van der Waals surface area contributed by atoms with Crippen molar-refractivity contribution in [3.05, 3.63) is 61.2 Å². The van der Waals surface area contributed by atoms with Crippen molar-refractivity contribution in [2.45, 2.75) is 64.0 Å². The summed E-state index contributed by atoms with van der Waals surface area (Å²) in [6.07, 6.45) is 7.42. The number of ether oxygens (including phenoxy) is 1. The number of nitrogens with one attached hydrogen (secondary N) is 1. The number of aliphatic hydroxyl groups excluding tert-OH is 1. The minimum Gasteiger partial charge on any atom is -0.463 e. The van der Waals surface area contributed by atoms with Gasteiger partial charge < -0.3 is 20.1 Å². The fraction of sp³-hybridized carbons (Fsp3) is 0.536. The van der Waals surface area contributed by atoms with Gasteiger partial charge in [-0.05, 0) is 51.0 Å². The molecule has 2 amide bonds. The number of nitrogens with zero attached hydrogens (tertiary/aromatic N) is 1. The molecule has 1 saturated heterocycles. The van der Waals surface area contributed by atoms with Gasteiger partial charge >= 0.3 is 5.97 Å². The van der Waals surface area contributed by atoms with Crippen LogP contribution >= 0.6 is 0 Å². The maximum absolute atomic E-state index is 13.3. The van der Waals surface area contributed by atoms with Crippen LogP contribution in [0, 0.1) is 11.8 Å². The monoisotopic (exact) mass is 484 g/mol. The van der Waals surface area contributed by atoms with Gasteiger partial charge in [0.25, 0.3) is 0 Å². The molecule has 4 atom stereocenters. The molecule has 0 spiro atoms. The number of benzene rings is 1. The van der Waals surface area contributed by atoms with E-state index in [9.17, 15) is 14.4 Å². The zero-order chi connectivity index (χ0) is 25.6. The number of aliphatic hydroxyl groups is 1. The van der Waals surface area contributed by atoms with Crippen molar-refractivity contribution in [2.24, 2.45) is 11.8 Å². The minimum absolute atomic E-state index is 0.0267. The maximum atomic E-state index is 13.3. The van der Waals surface area contributed by atoms with Crippen molar-refractivity contribution in [3.63, 3.8) is 0 Å². The number of esters is 1. The molecule has 2 N–H and O–H groups in total. The Hall–Kier alpha value is -2.93. The average molecular weight is 485 g/mol. The predicted molar refractivity (Wildman–Crippen MR) is 136 cm³/mol. The summed E-state index contributed by atoms with van der Waals surface area (Å²) < 4.78 is 5.73. The van der Waals surface area contributed by atoms with E-state index in [1.807, 2.05) is 30.3 Å². The molecule has 1 fully saturated rings. The van der Waals surface area contributed by atoms with Gasteiger partial charge in [0.15, 0.2) is 0 Å². The summed E-state index contributed by atoms with van der Waals surface area (Å²) in [5.74, 6) is -1.46. The highest BCUT2D eigenvalue weighted by Crippen LogP contribution is 2.24. The molecule has 1 heterocycles. The molecule has 0 aliphatic carbocycles. The van der Waals surface area contributed by atoms with Gasteiger partial charge in [0, 0.05) is 19.0 Å². The molecular formula is C28H40N2O5. The van der Waals surface area contributed by atoms with Gasteiger partial charge in [-0.2, -0.15) is 0 Å². The summed E-state index contributed by atoms with van der Waals surface area (Å²) in [6, 6.07) is 9.30. The van der Waals surface area contributed by atoms with Gasteiger partial charge in [-0.25, -0.2) is 0 Å². The Morgan fingerprint density at radius 2 is 1.94 bits per heavy atom. The van der Waals surface area contributed by atoms with E-state index in [1.54, 1.807) is 24.0 Å². The predicted octanol–water partition coefficient (Wildman–Crippen LogP) is 3.43. The van der Waals surface area contributed by atoms with E-state index in [1.165, 1.54) is 0 Å². The van der Waals surface area contributed by atoms with Gasteiger partial charge in [-0.15, -0.1) is 13.2 Å². The van der Waals surface area contributed by atoms with Crippen LogP contribution in [0.2, 0.25) is 0 Å². The number of carbonyl (C=O) groups excluding carboxylic acids is 3. The molecule has 0 radical (unpaired) electrons. The highest BCUT2D eigenvalue weighted by molar-refractivity contribution is 5.86. The first-order valence-corrected chi connectivity index (χ1v) is 12.5. The van der Waals surface area contributed by atoms with Crippen molar-refractivity contribution in [1.29, 1.82) is 0 Å². The van der Waals surface area contributed by atoms with Gasteiger partial charge in [0.2, 0.25) is 11.8 Å². The highest BCUT2D eigenvalue weighted by atomic mass is 16.5. The molecule has 1 aromatic rings. The number of rotatable bonds is 15. The normalized spacial score (nSPS) is 17.8. The molecule has 35 heavy (non-hydrogen) atoms. The van der Waals surface area contributed by atoms with E-state index in [-0.39, 0.29) is 55.4 Å². The number of hydrogen-bond acceptors (Lipinski definition) is 5. The average Bonchev–Trinajstić information content (AvgIpc) is 3.33. The van der Waals surface area contributed by atoms with Crippen LogP contribution in [0.1, 0.15) is 51.0 Å². The lowest BCUT2D eigenvalue weighted by atomic mass is 9.95. The largest absolute Gasteiger partial charge is 0.463 e. The molecule has 0 saturated carbocycles. The summed E-state index contributed by atoms with van der Waals surface area (Å²) in [7, 11) is 0. The first-order valence-electron chi connectivity index (χ1n) is 12.5. The summed E-state index contributed by atoms with van der Waals surface area (Å²) in [6.45, 7) is 9.76. The number of carbonyl (C=O) groups is 3. The molecule has 7 nitrogen and oxygen atoms in total. The van der Waals surface area contributed by atoms with Crippen LogP contribution in [0.5, 0.6) is 0 Å². The van der Waals surface area contributed by atoms with Crippen molar-refractivity contribution in [1.82, 2.24) is 10.2 Å². The molecule has 0 unspecified atom stereocenters. The molecule has 1 aromatic carbocycles. The third-order valence-electron chi connectivity index (χ3n) is 6.37. The minimum atomic E-state index is -0.534. The molecule has 7 heteroatoms. The third kappa shape index (κ3) is 9.32. The maximum Gasteiger partial charge on any atom is 0.309 e. The molecule has 0 bridgehead atoms. The first-order chi connectivity index (χ1) is 16.9. The zero-order valence-electron chi connectivity index (χ0n) is 20.9. The Kier molecular flexibility index (Phi) is 12.2. The number of hydrogen-bond donors (Lipinski definition) is 2. The number of likely N-dealkylation sites (tertiary alicyclic amines) is 1. The van der Waals surface area contributed by atoms with E-state index < -0.39 is 5.92 Å². The van der Waals surface area contributed by atoms with Gasteiger partial charge in [0.05, 0.1) is 24.5 Å². The van der Waals surface area contributed by atoms with Crippen LogP contribution in [0.4, 0.5) is 0 Å². The van der Waals surface area contributed by atoms with Gasteiger partial charge in [-0.1, -0.05) is 42.5 Å². The van der Waals surface area contributed by atoms with E-state index in [0.29, 0.717) is 25.8 Å². The van der Waals surface area contributed by atoms with Gasteiger partial charge in [-0.3, -0.25) is 14.4 Å². The van der Waals surface area contributed by atoms with Crippen LogP contribution in [0.15, 0.2) is 55.6 Å². The van der Waals surface area contributed by atoms with Gasteiger partial charge in [0.1, 0.15) is 6.61 Å². The molecule has 1 aliphatic rings. The fourth-order valence-electron chi connectivity index (χ4n) is 4.43. The fourth-order valence-corrected chi connectivity index (χ4v) is 4.43. The highest BCUT2D eigenvalue weighted by Gasteiger charge is 2.35. The number of allylic oxidation sites excluding steroid dienone is 2. The molecule has 0 aromatic heterocycles. The zero-order valence-corrected chi connectivity index (χ0v) is 20.9. The summed E-state index contributed by atoms with van der Waals surface area (Å²) >= 11 is 0. The Labute approximate surface area is 209 Å². The Morgan fingerprint density at radius 3 is 2.60 bits per heavy atom. The quantitative estimate of drug-likeness (QED) is 0.294.